The topological polar surface area (TPSA) is 64.3 Å². The van der Waals surface area contributed by atoms with Gasteiger partial charge in [-0.25, -0.2) is 4.39 Å². The Labute approximate surface area is 209 Å². The maximum absolute atomic E-state index is 13.6. The molecule has 0 radical (unpaired) electrons. The third kappa shape index (κ3) is 5.77. The molecule has 1 amide bonds. The highest BCUT2D eigenvalue weighted by Gasteiger charge is 2.49. The largest absolute Gasteiger partial charge is 0.416 e. The van der Waals surface area contributed by atoms with Gasteiger partial charge in [-0.2, -0.15) is 26.3 Å². The van der Waals surface area contributed by atoms with E-state index in [1.165, 1.54) is 19.1 Å². The Kier molecular flexibility index (Phi) is 7.09. The fourth-order valence-corrected chi connectivity index (χ4v) is 5.49. The van der Waals surface area contributed by atoms with Crippen molar-refractivity contribution in [3.05, 3.63) is 70.5 Å². The van der Waals surface area contributed by atoms with E-state index in [-0.39, 0.29) is 29.5 Å². The van der Waals surface area contributed by atoms with Crippen molar-refractivity contribution < 1.29 is 40.3 Å². The third-order valence-corrected chi connectivity index (χ3v) is 7.36. The van der Waals surface area contributed by atoms with Gasteiger partial charge in [0.25, 0.3) is 0 Å². The lowest BCUT2D eigenvalue weighted by atomic mass is 9.81. The summed E-state index contributed by atoms with van der Waals surface area (Å²) < 4.78 is 99.9. The van der Waals surface area contributed by atoms with Gasteiger partial charge in [0, 0.05) is 12.0 Å². The molecule has 6 atom stereocenters. The number of amides is 1. The fraction of sp³-hybridized carbons (Fsp3) is 0.500. The number of carbonyl (C=O) groups is 1. The van der Waals surface area contributed by atoms with Crippen LogP contribution >= 0.6 is 0 Å². The van der Waals surface area contributed by atoms with Gasteiger partial charge >= 0.3 is 12.4 Å². The van der Waals surface area contributed by atoms with Gasteiger partial charge in [-0.3, -0.25) is 4.79 Å². The number of halogens is 7. The van der Waals surface area contributed by atoms with Crippen LogP contribution in [0, 0.1) is 11.7 Å². The Balaban J connectivity index is 1.65. The van der Waals surface area contributed by atoms with Gasteiger partial charge in [-0.15, -0.1) is 0 Å². The van der Waals surface area contributed by atoms with Gasteiger partial charge in [-0.1, -0.05) is 12.1 Å². The number of hydrogen-bond donors (Lipinski definition) is 2. The Morgan fingerprint density at radius 3 is 2.05 bits per heavy atom. The number of hydrogen-bond acceptors (Lipinski definition) is 3. The zero-order valence-electron chi connectivity index (χ0n) is 20.1. The Morgan fingerprint density at radius 2 is 1.57 bits per heavy atom. The summed E-state index contributed by atoms with van der Waals surface area (Å²) in [5.74, 6) is -1.34. The smallest absolute Gasteiger partial charge is 0.370 e. The third-order valence-electron chi connectivity index (χ3n) is 7.36. The SMILES string of the molecule is C[C@@H](O[C@H]1CCC([C@H]2C[C@@](C)(N)C(=O)N2)[C@@H]1c1ccc(F)cc1)c1cc(C(F)(F)F)cc(C(F)(F)F)c1. The summed E-state index contributed by atoms with van der Waals surface area (Å²) in [6.07, 6.45) is -10.3. The number of rotatable bonds is 5. The van der Waals surface area contributed by atoms with Crippen molar-refractivity contribution in [3.8, 4) is 0 Å². The molecule has 2 aromatic carbocycles. The predicted octanol–water partition coefficient (Wildman–Crippen LogP) is 6.11. The van der Waals surface area contributed by atoms with Crippen LogP contribution in [-0.4, -0.2) is 23.6 Å². The highest BCUT2D eigenvalue weighted by molar-refractivity contribution is 5.88. The van der Waals surface area contributed by atoms with Crippen LogP contribution in [0.5, 0.6) is 0 Å². The Morgan fingerprint density at radius 1 is 1.00 bits per heavy atom. The van der Waals surface area contributed by atoms with E-state index in [2.05, 4.69) is 5.32 Å². The van der Waals surface area contributed by atoms with Gasteiger partial charge in [0.05, 0.1) is 28.9 Å². The molecule has 4 rings (SSSR count). The van der Waals surface area contributed by atoms with E-state index in [0.29, 0.717) is 37.0 Å². The molecular formula is C26H27F7N2O2. The quantitative estimate of drug-likeness (QED) is 0.457. The summed E-state index contributed by atoms with van der Waals surface area (Å²) in [5.41, 5.74) is 2.63. The predicted molar refractivity (Wildman–Crippen MR) is 121 cm³/mol. The van der Waals surface area contributed by atoms with E-state index in [1.54, 1.807) is 19.1 Å². The van der Waals surface area contributed by atoms with E-state index >= 15 is 0 Å². The molecule has 2 aromatic rings. The molecule has 0 spiro atoms. The molecule has 3 N–H and O–H groups in total. The van der Waals surface area contributed by atoms with Crippen LogP contribution in [0.4, 0.5) is 30.7 Å². The summed E-state index contributed by atoms with van der Waals surface area (Å²) in [4.78, 5) is 12.3. The molecule has 2 fully saturated rings. The minimum Gasteiger partial charge on any atom is -0.370 e. The van der Waals surface area contributed by atoms with Gasteiger partial charge in [-0.05, 0) is 80.5 Å². The minimum atomic E-state index is -4.97. The first-order chi connectivity index (χ1) is 17.1. The van der Waals surface area contributed by atoms with E-state index in [4.69, 9.17) is 10.5 Å². The second-order valence-corrected chi connectivity index (χ2v) is 10.2. The summed E-state index contributed by atoms with van der Waals surface area (Å²) in [7, 11) is 0. The maximum Gasteiger partial charge on any atom is 0.416 e. The molecule has 0 bridgehead atoms. The van der Waals surface area contributed by atoms with Crippen LogP contribution in [0.3, 0.4) is 0 Å². The first kappa shape index (κ1) is 27.4. The van der Waals surface area contributed by atoms with E-state index in [0.717, 1.165) is 0 Å². The number of nitrogens with two attached hydrogens (primary N) is 1. The van der Waals surface area contributed by atoms with Crippen LogP contribution in [0.2, 0.25) is 0 Å². The van der Waals surface area contributed by atoms with Crippen molar-refractivity contribution in [3.63, 3.8) is 0 Å². The van der Waals surface area contributed by atoms with Crippen LogP contribution in [0.25, 0.3) is 0 Å². The molecule has 1 heterocycles. The van der Waals surface area contributed by atoms with Crippen molar-refractivity contribution in [2.75, 3.05) is 0 Å². The highest BCUT2D eigenvalue weighted by atomic mass is 19.4. The van der Waals surface area contributed by atoms with E-state index in [9.17, 15) is 35.5 Å². The lowest BCUT2D eigenvalue weighted by molar-refractivity contribution is -0.143. The van der Waals surface area contributed by atoms with Crippen LogP contribution in [0.1, 0.15) is 67.4 Å². The normalized spacial score (nSPS) is 29.4. The van der Waals surface area contributed by atoms with Crippen molar-refractivity contribution in [1.82, 2.24) is 5.32 Å². The zero-order chi connectivity index (χ0) is 27.3. The molecule has 1 aliphatic carbocycles. The van der Waals surface area contributed by atoms with Gasteiger partial charge in [0.2, 0.25) is 5.91 Å². The summed E-state index contributed by atoms with van der Waals surface area (Å²) in [5, 5.41) is 2.91. The summed E-state index contributed by atoms with van der Waals surface area (Å²) in [6.45, 7) is 3.02. The van der Waals surface area contributed by atoms with Crippen LogP contribution in [-0.2, 0) is 21.9 Å². The van der Waals surface area contributed by atoms with E-state index < -0.39 is 53.0 Å². The molecule has 4 nitrogen and oxygen atoms in total. The lowest BCUT2D eigenvalue weighted by Crippen LogP contribution is -2.43. The average Bonchev–Trinajstić information content (AvgIpc) is 3.32. The number of benzene rings is 2. The molecule has 1 aliphatic heterocycles. The molecule has 37 heavy (non-hydrogen) atoms. The molecule has 11 heteroatoms. The minimum absolute atomic E-state index is 0.0791. The summed E-state index contributed by atoms with van der Waals surface area (Å²) in [6, 6.07) is 6.78. The number of nitrogens with one attached hydrogen (secondary N) is 1. The van der Waals surface area contributed by atoms with Gasteiger partial charge in [0.1, 0.15) is 5.82 Å². The van der Waals surface area contributed by atoms with Crippen LogP contribution < -0.4 is 11.1 Å². The molecule has 202 valence electrons. The molecular weight excluding hydrogens is 505 g/mol. The monoisotopic (exact) mass is 532 g/mol. The zero-order valence-corrected chi connectivity index (χ0v) is 20.1. The Hall–Kier alpha value is -2.66. The average molecular weight is 533 g/mol. The summed E-state index contributed by atoms with van der Waals surface area (Å²) >= 11 is 0. The highest BCUT2D eigenvalue weighted by Crippen LogP contribution is 2.47. The maximum atomic E-state index is 13.6. The number of ether oxygens (including phenoxy) is 1. The van der Waals surface area contributed by atoms with Crippen molar-refractivity contribution in [2.45, 2.75) is 75.2 Å². The molecule has 1 unspecified atom stereocenters. The van der Waals surface area contributed by atoms with Crippen molar-refractivity contribution in [2.24, 2.45) is 11.7 Å². The molecule has 0 aromatic heterocycles. The first-order valence-electron chi connectivity index (χ1n) is 11.9. The lowest BCUT2D eigenvalue weighted by Gasteiger charge is -2.31. The standard InChI is InChI=1S/C26H27F7N2O2/c1-13(15-9-16(25(28,29)30)11-17(10-15)26(31,32)33)37-21-8-7-19(20-12-24(2,34)23(36)35-20)22(21)14-3-5-18(27)6-4-14/h3-6,9-11,13,19-22H,7-8,12,34H2,1-2H3,(H,35,36)/t13-,19?,20-,21+,22+,24-/m1/s1. The second kappa shape index (κ2) is 9.58. The fourth-order valence-electron chi connectivity index (χ4n) is 5.49. The molecule has 1 saturated carbocycles. The first-order valence-corrected chi connectivity index (χ1v) is 11.9. The second-order valence-electron chi connectivity index (χ2n) is 10.2. The number of alkyl halides is 6. The Bertz CT molecular complexity index is 1110. The van der Waals surface area contributed by atoms with Gasteiger partial charge < -0.3 is 15.8 Å². The van der Waals surface area contributed by atoms with Crippen molar-refractivity contribution >= 4 is 5.91 Å². The van der Waals surface area contributed by atoms with E-state index in [1.807, 2.05) is 0 Å². The van der Waals surface area contributed by atoms with Crippen molar-refractivity contribution in [1.29, 1.82) is 0 Å². The van der Waals surface area contributed by atoms with Crippen LogP contribution in [0.15, 0.2) is 42.5 Å². The molecule has 2 aliphatic rings. The van der Waals surface area contributed by atoms with Gasteiger partial charge in [0.15, 0.2) is 0 Å². The number of carbonyl (C=O) groups excluding carboxylic acids is 1. The molecule has 1 saturated heterocycles.